The van der Waals surface area contributed by atoms with Crippen LogP contribution in [-0.4, -0.2) is 23.4 Å². The lowest BCUT2D eigenvalue weighted by Crippen LogP contribution is -2.14. The quantitative estimate of drug-likeness (QED) is 0.759. The third kappa shape index (κ3) is 4.49. The maximum Gasteiger partial charge on any atom is 0.127 e. The number of benzene rings is 1. The van der Waals surface area contributed by atoms with E-state index in [9.17, 15) is 0 Å². The molecule has 0 radical (unpaired) electrons. The third-order valence-electron chi connectivity index (χ3n) is 3.17. The van der Waals surface area contributed by atoms with E-state index < -0.39 is 0 Å². The lowest BCUT2D eigenvalue weighted by atomic mass is 10.2. The summed E-state index contributed by atoms with van der Waals surface area (Å²) >= 11 is 0. The Morgan fingerprint density at radius 3 is 2.86 bits per heavy atom. The summed E-state index contributed by atoms with van der Waals surface area (Å²) in [5.74, 6) is 1.65. The van der Waals surface area contributed by atoms with Gasteiger partial charge in [0.1, 0.15) is 18.1 Å². The number of hydrogen-bond acceptors (Lipinski definition) is 4. The Hall–Kier alpha value is -2.01. The van der Waals surface area contributed by atoms with E-state index in [-0.39, 0.29) is 0 Å². The van der Waals surface area contributed by atoms with Gasteiger partial charge >= 0.3 is 0 Å². The molecule has 0 aliphatic heterocycles. The van der Waals surface area contributed by atoms with Crippen LogP contribution in [0.5, 0.6) is 11.5 Å². The van der Waals surface area contributed by atoms with E-state index >= 15 is 0 Å². The summed E-state index contributed by atoms with van der Waals surface area (Å²) in [6.45, 7) is 4.44. The van der Waals surface area contributed by atoms with Gasteiger partial charge in [0, 0.05) is 37.0 Å². The monoisotopic (exact) mass is 289 g/mol. The van der Waals surface area contributed by atoms with Crippen molar-refractivity contribution in [2.75, 3.05) is 13.7 Å². The summed E-state index contributed by atoms with van der Waals surface area (Å²) in [5, 5.41) is 7.54. The van der Waals surface area contributed by atoms with Crippen molar-refractivity contribution in [2.45, 2.75) is 26.5 Å². The Labute approximate surface area is 125 Å². The van der Waals surface area contributed by atoms with E-state index in [1.54, 1.807) is 11.8 Å². The standard InChI is InChI=1S/C16H23N3O2/c1-4-7-17-10-14-5-6-15(20-3)8-16(14)21-12-13-9-18-19(2)11-13/h5-6,8-9,11,17H,4,7,10,12H2,1-3H3. The predicted octanol–water partition coefficient (Wildman–Crippen LogP) is 2.51. The molecule has 0 saturated heterocycles. The minimum absolute atomic E-state index is 0.502. The van der Waals surface area contributed by atoms with Crippen LogP contribution in [0.25, 0.3) is 0 Å². The second-order valence-corrected chi connectivity index (χ2v) is 4.96. The number of nitrogens with one attached hydrogen (secondary N) is 1. The molecule has 0 fully saturated rings. The highest BCUT2D eigenvalue weighted by molar-refractivity contribution is 5.40. The minimum Gasteiger partial charge on any atom is -0.497 e. The second kappa shape index (κ2) is 7.69. The summed E-state index contributed by atoms with van der Waals surface area (Å²) < 4.78 is 13.0. The summed E-state index contributed by atoms with van der Waals surface area (Å²) in [5.41, 5.74) is 2.18. The van der Waals surface area contributed by atoms with Crippen LogP contribution in [0.2, 0.25) is 0 Å². The minimum atomic E-state index is 0.502. The smallest absolute Gasteiger partial charge is 0.127 e. The van der Waals surface area contributed by atoms with Gasteiger partial charge in [-0.3, -0.25) is 4.68 Å². The Kier molecular flexibility index (Phi) is 5.63. The predicted molar refractivity (Wildman–Crippen MR) is 82.5 cm³/mol. The molecule has 5 heteroatoms. The zero-order chi connectivity index (χ0) is 15.1. The number of methoxy groups -OCH3 is 1. The fourth-order valence-electron chi connectivity index (χ4n) is 2.05. The molecule has 5 nitrogen and oxygen atoms in total. The third-order valence-corrected chi connectivity index (χ3v) is 3.17. The molecular formula is C16H23N3O2. The average molecular weight is 289 g/mol. The van der Waals surface area contributed by atoms with Crippen molar-refractivity contribution in [1.82, 2.24) is 15.1 Å². The van der Waals surface area contributed by atoms with Crippen LogP contribution >= 0.6 is 0 Å². The molecule has 0 atom stereocenters. The van der Waals surface area contributed by atoms with Gasteiger partial charge in [0.05, 0.1) is 13.3 Å². The first kappa shape index (κ1) is 15.4. The van der Waals surface area contributed by atoms with Crippen LogP contribution in [0.4, 0.5) is 0 Å². The number of nitrogens with zero attached hydrogens (tertiary/aromatic N) is 2. The summed E-state index contributed by atoms with van der Waals surface area (Å²) in [7, 11) is 3.56. The van der Waals surface area contributed by atoms with Gasteiger partial charge in [-0.2, -0.15) is 5.10 Å². The SMILES string of the molecule is CCCNCc1ccc(OC)cc1OCc1cnn(C)c1. The van der Waals surface area contributed by atoms with Gasteiger partial charge in [-0.15, -0.1) is 0 Å². The van der Waals surface area contributed by atoms with E-state index in [2.05, 4.69) is 17.3 Å². The summed E-state index contributed by atoms with van der Waals surface area (Å²) in [6.07, 6.45) is 4.88. The molecule has 0 amide bonds. The average Bonchev–Trinajstić information content (AvgIpc) is 2.92. The molecule has 1 N–H and O–H groups in total. The van der Waals surface area contributed by atoms with Crippen molar-refractivity contribution in [3.63, 3.8) is 0 Å². The van der Waals surface area contributed by atoms with Gasteiger partial charge in [0.2, 0.25) is 0 Å². The van der Waals surface area contributed by atoms with E-state index in [0.717, 1.165) is 42.1 Å². The van der Waals surface area contributed by atoms with Crippen molar-refractivity contribution in [1.29, 1.82) is 0 Å². The van der Waals surface area contributed by atoms with Crippen LogP contribution in [0, 0.1) is 0 Å². The molecule has 1 aromatic heterocycles. The molecule has 0 saturated carbocycles. The van der Waals surface area contributed by atoms with Crippen LogP contribution in [0.3, 0.4) is 0 Å². The van der Waals surface area contributed by atoms with Gasteiger partial charge in [-0.1, -0.05) is 13.0 Å². The molecular weight excluding hydrogens is 266 g/mol. The Morgan fingerprint density at radius 1 is 1.33 bits per heavy atom. The van der Waals surface area contributed by atoms with E-state index in [0.29, 0.717) is 6.61 Å². The van der Waals surface area contributed by atoms with Gasteiger partial charge in [-0.05, 0) is 19.0 Å². The van der Waals surface area contributed by atoms with Crippen molar-refractivity contribution in [3.05, 3.63) is 41.7 Å². The number of aromatic nitrogens is 2. The zero-order valence-corrected chi connectivity index (χ0v) is 12.9. The van der Waals surface area contributed by atoms with Gasteiger partial charge in [-0.25, -0.2) is 0 Å². The lowest BCUT2D eigenvalue weighted by Gasteiger charge is -2.13. The number of rotatable bonds is 8. The fraction of sp³-hybridized carbons (Fsp3) is 0.438. The number of hydrogen-bond donors (Lipinski definition) is 1. The van der Waals surface area contributed by atoms with E-state index in [4.69, 9.17) is 9.47 Å². The van der Waals surface area contributed by atoms with Gasteiger partial charge < -0.3 is 14.8 Å². The fourth-order valence-corrected chi connectivity index (χ4v) is 2.05. The topological polar surface area (TPSA) is 48.3 Å². The first-order valence-electron chi connectivity index (χ1n) is 7.21. The molecule has 0 aliphatic carbocycles. The van der Waals surface area contributed by atoms with Crippen molar-refractivity contribution < 1.29 is 9.47 Å². The molecule has 1 aromatic carbocycles. The Morgan fingerprint density at radius 2 is 2.19 bits per heavy atom. The van der Waals surface area contributed by atoms with Crippen LogP contribution < -0.4 is 14.8 Å². The molecule has 0 bridgehead atoms. The van der Waals surface area contributed by atoms with Crippen molar-refractivity contribution >= 4 is 0 Å². The lowest BCUT2D eigenvalue weighted by molar-refractivity contribution is 0.299. The maximum absolute atomic E-state index is 5.94. The molecule has 21 heavy (non-hydrogen) atoms. The molecule has 2 aromatic rings. The molecule has 0 aliphatic rings. The van der Waals surface area contributed by atoms with Crippen molar-refractivity contribution in [3.8, 4) is 11.5 Å². The maximum atomic E-state index is 5.94. The zero-order valence-electron chi connectivity index (χ0n) is 12.9. The normalized spacial score (nSPS) is 10.6. The molecule has 1 heterocycles. The Bertz CT molecular complexity index is 566. The highest BCUT2D eigenvalue weighted by atomic mass is 16.5. The van der Waals surface area contributed by atoms with Gasteiger partial charge in [0.25, 0.3) is 0 Å². The number of ether oxygens (including phenoxy) is 2. The molecule has 0 spiro atoms. The highest BCUT2D eigenvalue weighted by Gasteiger charge is 2.07. The largest absolute Gasteiger partial charge is 0.497 e. The molecule has 0 unspecified atom stereocenters. The van der Waals surface area contributed by atoms with Crippen LogP contribution in [0.1, 0.15) is 24.5 Å². The molecule has 2 rings (SSSR count). The first-order valence-corrected chi connectivity index (χ1v) is 7.21. The highest BCUT2D eigenvalue weighted by Crippen LogP contribution is 2.25. The van der Waals surface area contributed by atoms with Crippen LogP contribution in [-0.2, 0) is 20.2 Å². The van der Waals surface area contributed by atoms with Crippen LogP contribution in [0.15, 0.2) is 30.6 Å². The summed E-state index contributed by atoms with van der Waals surface area (Å²) in [6, 6.07) is 5.93. The second-order valence-electron chi connectivity index (χ2n) is 4.96. The van der Waals surface area contributed by atoms with Crippen molar-refractivity contribution in [2.24, 2.45) is 7.05 Å². The summed E-state index contributed by atoms with van der Waals surface area (Å²) in [4.78, 5) is 0. The van der Waals surface area contributed by atoms with Gasteiger partial charge in [0.15, 0.2) is 0 Å². The first-order chi connectivity index (χ1) is 10.2. The molecule has 114 valence electrons. The number of aryl methyl sites for hydroxylation is 1. The Balaban J connectivity index is 2.06. The van der Waals surface area contributed by atoms with E-state index in [1.165, 1.54) is 0 Å². The van der Waals surface area contributed by atoms with E-state index in [1.807, 2.05) is 37.6 Å².